The van der Waals surface area contributed by atoms with Crippen LogP contribution in [0.4, 0.5) is 0 Å². The Kier molecular flexibility index (Phi) is 4.55. The SMILES string of the molecule is C(=C\c1ccccc1)/CNCCn1cccn1. The van der Waals surface area contributed by atoms with Gasteiger partial charge in [-0.15, -0.1) is 0 Å². The van der Waals surface area contributed by atoms with E-state index < -0.39 is 0 Å². The number of benzene rings is 1. The Morgan fingerprint density at radius 2 is 2.06 bits per heavy atom. The van der Waals surface area contributed by atoms with Gasteiger partial charge in [0.25, 0.3) is 0 Å². The molecule has 0 atom stereocenters. The summed E-state index contributed by atoms with van der Waals surface area (Å²) in [5.41, 5.74) is 1.24. The van der Waals surface area contributed by atoms with Crippen molar-refractivity contribution in [2.24, 2.45) is 0 Å². The summed E-state index contributed by atoms with van der Waals surface area (Å²) >= 11 is 0. The highest BCUT2D eigenvalue weighted by Crippen LogP contribution is 1.99. The Morgan fingerprint density at radius 1 is 1.18 bits per heavy atom. The van der Waals surface area contributed by atoms with Crippen LogP contribution in [0, 0.1) is 0 Å². The quantitative estimate of drug-likeness (QED) is 0.767. The fourth-order valence-electron chi connectivity index (χ4n) is 1.57. The third-order valence-corrected chi connectivity index (χ3v) is 2.45. The lowest BCUT2D eigenvalue weighted by molar-refractivity contribution is 0.573. The summed E-state index contributed by atoms with van der Waals surface area (Å²) in [6, 6.07) is 12.3. The second-order valence-corrected chi connectivity index (χ2v) is 3.79. The lowest BCUT2D eigenvalue weighted by Crippen LogP contribution is -2.20. The molecule has 1 aromatic carbocycles. The van der Waals surface area contributed by atoms with Crippen LogP contribution >= 0.6 is 0 Å². The molecule has 17 heavy (non-hydrogen) atoms. The number of hydrogen-bond donors (Lipinski definition) is 1. The van der Waals surface area contributed by atoms with Gasteiger partial charge < -0.3 is 5.32 Å². The number of rotatable bonds is 6. The third kappa shape index (κ3) is 4.25. The van der Waals surface area contributed by atoms with Crippen molar-refractivity contribution in [3.63, 3.8) is 0 Å². The predicted molar refractivity (Wildman–Crippen MR) is 70.6 cm³/mol. The maximum atomic E-state index is 4.14. The second kappa shape index (κ2) is 6.66. The van der Waals surface area contributed by atoms with Crippen LogP contribution in [-0.2, 0) is 6.54 Å². The predicted octanol–water partition coefficient (Wildman–Crippen LogP) is 2.19. The highest BCUT2D eigenvalue weighted by molar-refractivity contribution is 5.48. The summed E-state index contributed by atoms with van der Waals surface area (Å²) < 4.78 is 1.92. The average Bonchev–Trinajstić information content (AvgIpc) is 2.88. The van der Waals surface area contributed by atoms with Crippen molar-refractivity contribution in [3.8, 4) is 0 Å². The number of nitrogens with zero attached hydrogens (tertiary/aromatic N) is 2. The summed E-state index contributed by atoms with van der Waals surface area (Å²) in [5, 5.41) is 7.49. The summed E-state index contributed by atoms with van der Waals surface area (Å²) in [7, 11) is 0. The minimum absolute atomic E-state index is 0.885. The van der Waals surface area contributed by atoms with Crippen LogP contribution in [0.5, 0.6) is 0 Å². The Bertz CT molecular complexity index is 432. The fourth-order valence-corrected chi connectivity index (χ4v) is 1.57. The molecule has 1 aromatic heterocycles. The van der Waals surface area contributed by atoms with Crippen LogP contribution in [0.1, 0.15) is 5.56 Å². The zero-order valence-electron chi connectivity index (χ0n) is 9.79. The molecule has 2 rings (SSSR count). The van der Waals surface area contributed by atoms with Crippen molar-refractivity contribution in [1.82, 2.24) is 15.1 Å². The van der Waals surface area contributed by atoms with Gasteiger partial charge in [-0.2, -0.15) is 5.10 Å². The first-order valence-electron chi connectivity index (χ1n) is 5.85. The van der Waals surface area contributed by atoms with Crippen LogP contribution in [0.2, 0.25) is 0 Å². The van der Waals surface area contributed by atoms with Gasteiger partial charge in [-0.3, -0.25) is 4.68 Å². The normalized spacial score (nSPS) is 11.1. The number of aromatic nitrogens is 2. The number of hydrogen-bond acceptors (Lipinski definition) is 2. The fraction of sp³-hybridized carbons (Fsp3) is 0.214. The molecule has 0 spiro atoms. The van der Waals surface area contributed by atoms with E-state index in [1.807, 2.05) is 35.1 Å². The van der Waals surface area contributed by atoms with Gasteiger partial charge in [0, 0.05) is 25.5 Å². The topological polar surface area (TPSA) is 29.9 Å². The van der Waals surface area contributed by atoms with E-state index in [-0.39, 0.29) is 0 Å². The van der Waals surface area contributed by atoms with E-state index in [4.69, 9.17) is 0 Å². The van der Waals surface area contributed by atoms with Gasteiger partial charge in [0.2, 0.25) is 0 Å². The van der Waals surface area contributed by atoms with Crippen molar-refractivity contribution >= 4 is 6.08 Å². The Hall–Kier alpha value is -1.87. The van der Waals surface area contributed by atoms with Gasteiger partial charge >= 0.3 is 0 Å². The maximum Gasteiger partial charge on any atom is 0.0534 e. The summed E-state index contributed by atoms with van der Waals surface area (Å²) in [4.78, 5) is 0. The first kappa shape index (κ1) is 11.6. The molecule has 1 N–H and O–H groups in total. The highest BCUT2D eigenvalue weighted by Gasteiger charge is 1.88. The lowest BCUT2D eigenvalue weighted by Gasteiger charge is -2.01. The minimum Gasteiger partial charge on any atom is -0.311 e. The van der Waals surface area contributed by atoms with E-state index in [1.165, 1.54) is 5.56 Å². The monoisotopic (exact) mass is 227 g/mol. The molecule has 3 nitrogen and oxygen atoms in total. The maximum absolute atomic E-state index is 4.14. The highest BCUT2D eigenvalue weighted by atomic mass is 15.3. The largest absolute Gasteiger partial charge is 0.311 e. The summed E-state index contributed by atoms with van der Waals surface area (Å²) in [5.74, 6) is 0. The Morgan fingerprint density at radius 3 is 2.82 bits per heavy atom. The van der Waals surface area contributed by atoms with Crippen LogP contribution in [0.25, 0.3) is 6.08 Å². The van der Waals surface area contributed by atoms with Crippen LogP contribution in [0.3, 0.4) is 0 Å². The van der Waals surface area contributed by atoms with E-state index >= 15 is 0 Å². The first-order chi connectivity index (χ1) is 8.45. The molecule has 0 unspecified atom stereocenters. The molecular weight excluding hydrogens is 210 g/mol. The van der Waals surface area contributed by atoms with Crippen molar-refractivity contribution < 1.29 is 0 Å². The van der Waals surface area contributed by atoms with E-state index in [9.17, 15) is 0 Å². The molecule has 88 valence electrons. The molecule has 0 aliphatic rings. The van der Waals surface area contributed by atoms with Crippen molar-refractivity contribution in [2.45, 2.75) is 6.54 Å². The summed E-state index contributed by atoms with van der Waals surface area (Å²) in [6.45, 7) is 2.73. The van der Waals surface area contributed by atoms with Crippen LogP contribution in [-0.4, -0.2) is 22.9 Å². The number of nitrogens with one attached hydrogen (secondary N) is 1. The molecule has 0 radical (unpaired) electrons. The molecule has 0 fully saturated rings. The summed E-state index contributed by atoms with van der Waals surface area (Å²) in [6.07, 6.45) is 8.04. The van der Waals surface area contributed by atoms with Crippen molar-refractivity contribution in [2.75, 3.05) is 13.1 Å². The Labute approximate surface area is 102 Å². The van der Waals surface area contributed by atoms with Crippen LogP contribution in [0.15, 0.2) is 54.9 Å². The van der Waals surface area contributed by atoms with E-state index in [1.54, 1.807) is 6.20 Å². The zero-order chi connectivity index (χ0) is 11.8. The van der Waals surface area contributed by atoms with Gasteiger partial charge in [-0.25, -0.2) is 0 Å². The van der Waals surface area contributed by atoms with Gasteiger partial charge in [-0.1, -0.05) is 42.5 Å². The van der Waals surface area contributed by atoms with Crippen LogP contribution < -0.4 is 5.32 Å². The van der Waals surface area contributed by atoms with Gasteiger partial charge in [0.1, 0.15) is 0 Å². The zero-order valence-corrected chi connectivity index (χ0v) is 9.79. The van der Waals surface area contributed by atoms with E-state index in [2.05, 4.69) is 34.7 Å². The molecule has 0 bridgehead atoms. The molecule has 3 heteroatoms. The van der Waals surface area contributed by atoms with Crippen molar-refractivity contribution in [1.29, 1.82) is 0 Å². The van der Waals surface area contributed by atoms with Gasteiger partial charge in [0.15, 0.2) is 0 Å². The molecular formula is C14H17N3. The smallest absolute Gasteiger partial charge is 0.0534 e. The molecule has 1 heterocycles. The molecule has 0 saturated carbocycles. The average molecular weight is 227 g/mol. The lowest BCUT2D eigenvalue weighted by atomic mass is 10.2. The molecule has 0 aliphatic carbocycles. The molecule has 0 aliphatic heterocycles. The van der Waals surface area contributed by atoms with E-state index in [0.29, 0.717) is 0 Å². The molecule has 0 saturated heterocycles. The second-order valence-electron chi connectivity index (χ2n) is 3.79. The Balaban J connectivity index is 1.62. The third-order valence-electron chi connectivity index (χ3n) is 2.45. The van der Waals surface area contributed by atoms with E-state index in [0.717, 1.165) is 19.6 Å². The standard InChI is InChI=1S/C14H17N3/c1-2-6-14(7-3-1)8-4-9-15-11-13-17-12-5-10-16-17/h1-8,10,12,15H,9,11,13H2/b8-4+. The van der Waals surface area contributed by atoms with Crippen molar-refractivity contribution in [3.05, 3.63) is 60.4 Å². The first-order valence-corrected chi connectivity index (χ1v) is 5.85. The molecule has 0 amide bonds. The molecule has 2 aromatic rings. The minimum atomic E-state index is 0.885. The van der Waals surface area contributed by atoms with Gasteiger partial charge in [-0.05, 0) is 11.6 Å². The van der Waals surface area contributed by atoms with Gasteiger partial charge in [0.05, 0.1) is 6.54 Å².